The van der Waals surface area contributed by atoms with Crippen molar-refractivity contribution in [3.05, 3.63) is 45.2 Å². The molecule has 1 N–H and O–H groups in total. The molecule has 0 atom stereocenters. The van der Waals surface area contributed by atoms with Gasteiger partial charge in [0.2, 0.25) is 5.69 Å². The molecule has 0 aliphatic rings. The van der Waals surface area contributed by atoms with E-state index in [-0.39, 0.29) is 16.6 Å². The van der Waals surface area contributed by atoms with E-state index in [4.69, 9.17) is 28.3 Å². The molecule has 21 heavy (non-hydrogen) atoms. The van der Waals surface area contributed by atoms with Crippen molar-refractivity contribution in [2.45, 2.75) is 12.7 Å². The van der Waals surface area contributed by atoms with Crippen LogP contribution in [0.25, 0.3) is 0 Å². The van der Waals surface area contributed by atoms with Gasteiger partial charge in [0.05, 0.1) is 16.6 Å². The Hall–Kier alpha value is -1.80. The highest BCUT2D eigenvalue weighted by Crippen LogP contribution is 2.32. The molecule has 0 aliphatic carbocycles. The summed E-state index contributed by atoms with van der Waals surface area (Å²) in [4.78, 5) is 10.8. The lowest BCUT2D eigenvalue weighted by atomic mass is 10.2. The van der Waals surface area contributed by atoms with E-state index in [1.54, 1.807) is 0 Å². The lowest BCUT2D eigenvalue weighted by molar-refractivity contribution is -0.144. The zero-order chi connectivity index (χ0) is 15.8. The van der Waals surface area contributed by atoms with Gasteiger partial charge in [0.15, 0.2) is 5.69 Å². The number of rotatable bonds is 3. The van der Waals surface area contributed by atoms with Crippen LogP contribution in [-0.4, -0.2) is 26.1 Å². The summed E-state index contributed by atoms with van der Waals surface area (Å²) >= 11 is 11.5. The third-order valence-corrected chi connectivity index (χ3v) is 3.26. The fourth-order valence-corrected chi connectivity index (χ4v) is 1.98. The lowest BCUT2D eigenvalue weighted by Gasteiger charge is -2.10. The zero-order valence-corrected chi connectivity index (χ0v) is 11.5. The first kappa shape index (κ1) is 15.6. The molecule has 0 spiro atoms. The van der Waals surface area contributed by atoms with Crippen LogP contribution in [0, 0.1) is 0 Å². The van der Waals surface area contributed by atoms with Crippen molar-refractivity contribution in [1.29, 1.82) is 0 Å². The summed E-state index contributed by atoms with van der Waals surface area (Å²) in [5.41, 5.74) is -2.21. The minimum absolute atomic E-state index is 0.168. The number of benzene rings is 1. The van der Waals surface area contributed by atoms with E-state index in [0.717, 1.165) is 0 Å². The van der Waals surface area contributed by atoms with E-state index in [9.17, 15) is 18.0 Å². The van der Waals surface area contributed by atoms with Crippen LogP contribution < -0.4 is 0 Å². The highest BCUT2D eigenvalue weighted by molar-refractivity contribution is 6.42. The number of nitrogens with zero attached hydrogens (tertiary/aromatic N) is 3. The van der Waals surface area contributed by atoms with E-state index in [0.29, 0.717) is 10.2 Å². The number of alkyl halides is 3. The summed E-state index contributed by atoms with van der Waals surface area (Å²) < 4.78 is 39.3. The van der Waals surface area contributed by atoms with Gasteiger partial charge >= 0.3 is 12.1 Å². The van der Waals surface area contributed by atoms with Crippen LogP contribution in [0.15, 0.2) is 18.2 Å². The van der Waals surface area contributed by atoms with Crippen molar-refractivity contribution in [2.75, 3.05) is 0 Å². The number of carboxylic acids is 1. The van der Waals surface area contributed by atoms with Gasteiger partial charge in [-0.15, -0.1) is 5.10 Å². The van der Waals surface area contributed by atoms with Crippen LogP contribution >= 0.6 is 23.2 Å². The Morgan fingerprint density at radius 2 is 1.95 bits per heavy atom. The van der Waals surface area contributed by atoms with Gasteiger partial charge in [-0.3, -0.25) is 0 Å². The molecule has 0 radical (unpaired) electrons. The number of hydrogen-bond donors (Lipinski definition) is 1. The van der Waals surface area contributed by atoms with Crippen molar-refractivity contribution in [3.63, 3.8) is 0 Å². The Labute approximate surface area is 125 Å². The topological polar surface area (TPSA) is 68.0 Å². The molecule has 0 saturated heterocycles. The van der Waals surface area contributed by atoms with Crippen molar-refractivity contribution in [1.82, 2.24) is 15.0 Å². The summed E-state index contributed by atoms with van der Waals surface area (Å²) in [5.74, 6) is -1.80. The lowest BCUT2D eigenvalue weighted by Crippen LogP contribution is -2.18. The van der Waals surface area contributed by atoms with Crippen LogP contribution in [0.4, 0.5) is 13.2 Å². The van der Waals surface area contributed by atoms with Crippen molar-refractivity contribution in [3.8, 4) is 0 Å². The molecule has 1 aromatic carbocycles. The SMILES string of the molecule is O=C(O)c1nnn(Cc2ccc(Cl)c(Cl)c2)c1C(F)(F)F. The Bertz CT molecular complexity index is 701. The van der Waals surface area contributed by atoms with Gasteiger partial charge in [0.1, 0.15) is 0 Å². The molecule has 2 aromatic rings. The molecule has 0 amide bonds. The van der Waals surface area contributed by atoms with Gasteiger partial charge in [0, 0.05) is 0 Å². The van der Waals surface area contributed by atoms with Crippen LogP contribution in [0.1, 0.15) is 21.7 Å². The van der Waals surface area contributed by atoms with Gasteiger partial charge < -0.3 is 5.11 Å². The zero-order valence-electron chi connectivity index (χ0n) is 10.0. The average molecular weight is 340 g/mol. The predicted octanol–water partition coefficient (Wildman–Crippen LogP) is 3.35. The van der Waals surface area contributed by atoms with E-state index < -0.39 is 23.5 Å². The molecule has 2 rings (SSSR count). The van der Waals surface area contributed by atoms with E-state index in [1.807, 2.05) is 0 Å². The Balaban J connectivity index is 2.45. The number of carboxylic acid groups (broad SMARTS) is 1. The van der Waals surface area contributed by atoms with E-state index in [2.05, 4.69) is 10.3 Å². The minimum Gasteiger partial charge on any atom is -0.476 e. The third kappa shape index (κ3) is 3.27. The second-order valence-electron chi connectivity index (χ2n) is 4.00. The highest BCUT2D eigenvalue weighted by atomic mass is 35.5. The number of carbonyl (C=O) groups is 1. The van der Waals surface area contributed by atoms with Crippen molar-refractivity contribution in [2.24, 2.45) is 0 Å². The average Bonchev–Trinajstić information content (AvgIpc) is 2.77. The van der Waals surface area contributed by atoms with Crippen molar-refractivity contribution >= 4 is 29.2 Å². The molecule has 112 valence electrons. The molecule has 1 heterocycles. The van der Waals surface area contributed by atoms with Crippen LogP contribution in [0.2, 0.25) is 10.0 Å². The van der Waals surface area contributed by atoms with Crippen LogP contribution in [-0.2, 0) is 12.7 Å². The second kappa shape index (κ2) is 5.53. The van der Waals surface area contributed by atoms with Gasteiger partial charge in [0.25, 0.3) is 0 Å². The Morgan fingerprint density at radius 3 is 2.48 bits per heavy atom. The first-order valence-electron chi connectivity index (χ1n) is 5.38. The normalized spacial score (nSPS) is 11.7. The largest absolute Gasteiger partial charge is 0.476 e. The summed E-state index contributed by atoms with van der Waals surface area (Å²) in [5, 5.41) is 15.4. The second-order valence-corrected chi connectivity index (χ2v) is 4.81. The molecule has 0 bridgehead atoms. The Kier molecular flexibility index (Phi) is 4.11. The predicted molar refractivity (Wildman–Crippen MR) is 67.5 cm³/mol. The standard InChI is InChI=1S/C11H6Cl2F3N3O2/c12-6-2-1-5(3-7(6)13)4-19-9(11(14,15)16)8(10(20)21)17-18-19/h1-3H,4H2,(H,20,21). The van der Waals surface area contributed by atoms with Gasteiger partial charge in [-0.2, -0.15) is 13.2 Å². The first-order chi connectivity index (χ1) is 9.70. The van der Waals surface area contributed by atoms with E-state index >= 15 is 0 Å². The van der Waals surface area contributed by atoms with Gasteiger partial charge in [-0.1, -0.05) is 34.5 Å². The summed E-state index contributed by atoms with van der Waals surface area (Å²) in [6.07, 6.45) is -4.90. The summed E-state index contributed by atoms with van der Waals surface area (Å²) in [6.45, 7) is -0.341. The molecular weight excluding hydrogens is 334 g/mol. The molecule has 5 nitrogen and oxygen atoms in total. The molecule has 10 heteroatoms. The monoisotopic (exact) mass is 339 g/mol. The van der Waals surface area contributed by atoms with Gasteiger partial charge in [-0.25, -0.2) is 9.48 Å². The maximum atomic E-state index is 12.9. The molecular formula is C11H6Cl2F3N3O2. The van der Waals surface area contributed by atoms with E-state index in [1.165, 1.54) is 18.2 Å². The number of halogens is 5. The fourth-order valence-electron chi connectivity index (χ4n) is 1.66. The van der Waals surface area contributed by atoms with Crippen LogP contribution in [0.5, 0.6) is 0 Å². The molecule has 0 aliphatic heterocycles. The number of aromatic nitrogens is 3. The van der Waals surface area contributed by atoms with Crippen LogP contribution in [0.3, 0.4) is 0 Å². The maximum Gasteiger partial charge on any atom is 0.435 e. The highest BCUT2D eigenvalue weighted by Gasteiger charge is 2.41. The smallest absolute Gasteiger partial charge is 0.435 e. The fraction of sp³-hybridized carbons (Fsp3) is 0.182. The van der Waals surface area contributed by atoms with Crippen molar-refractivity contribution < 1.29 is 23.1 Å². The number of aromatic carboxylic acids is 1. The molecule has 0 fully saturated rings. The molecule has 0 saturated carbocycles. The minimum atomic E-state index is -4.90. The first-order valence-corrected chi connectivity index (χ1v) is 6.13. The quantitative estimate of drug-likeness (QED) is 0.930. The third-order valence-electron chi connectivity index (χ3n) is 2.52. The maximum absolute atomic E-state index is 12.9. The molecule has 0 unspecified atom stereocenters. The van der Waals surface area contributed by atoms with Gasteiger partial charge in [-0.05, 0) is 17.7 Å². The Morgan fingerprint density at radius 1 is 1.29 bits per heavy atom. The summed E-state index contributed by atoms with van der Waals surface area (Å²) in [7, 11) is 0. The number of hydrogen-bond acceptors (Lipinski definition) is 3. The molecule has 1 aromatic heterocycles. The summed E-state index contributed by atoms with van der Waals surface area (Å²) in [6, 6.07) is 4.24.